The molecule has 10 heteroatoms. The van der Waals surface area contributed by atoms with Crippen molar-refractivity contribution in [2.75, 3.05) is 11.9 Å². The number of thiocarbonyl (C=S) groups is 1. The zero-order chi connectivity index (χ0) is 29.3. The molecule has 212 valence electrons. The standard InChI is InChI=1S/C31H30F3N5OS/c1-19-8-6-10-23(16-19)36-27(40)13-15-38-29(28(37-30(38)41)26-12-4-5-14-35-26)25-17-20(2)39(21(25)3)24-11-7-9-22(18-24)31(32,33)34/h4-12,14,16-18,28-29H,13,15H2,1-3H3,(H,36,40)(H,37,41)/t28-,29-/m0/s1. The summed E-state index contributed by atoms with van der Waals surface area (Å²) in [6, 6.07) is 19.9. The summed E-state index contributed by atoms with van der Waals surface area (Å²) in [7, 11) is 0. The van der Waals surface area contributed by atoms with Crippen LogP contribution in [0.4, 0.5) is 18.9 Å². The maximum atomic E-state index is 13.5. The van der Waals surface area contributed by atoms with Gasteiger partial charge in [-0.2, -0.15) is 13.2 Å². The van der Waals surface area contributed by atoms with Gasteiger partial charge < -0.3 is 20.1 Å². The summed E-state index contributed by atoms with van der Waals surface area (Å²) >= 11 is 5.75. The van der Waals surface area contributed by atoms with Crippen molar-refractivity contribution < 1.29 is 18.0 Å². The van der Waals surface area contributed by atoms with E-state index in [-0.39, 0.29) is 24.4 Å². The number of pyridine rings is 1. The minimum atomic E-state index is -4.45. The monoisotopic (exact) mass is 577 g/mol. The van der Waals surface area contributed by atoms with E-state index < -0.39 is 11.7 Å². The van der Waals surface area contributed by atoms with Crippen molar-refractivity contribution in [3.8, 4) is 5.69 Å². The van der Waals surface area contributed by atoms with Gasteiger partial charge in [0.2, 0.25) is 5.91 Å². The van der Waals surface area contributed by atoms with Crippen LogP contribution in [-0.4, -0.2) is 32.0 Å². The molecule has 4 aromatic rings. The SMILES string of the molecule is Cc1cccc(NC(=O)CCN2C(=S)N[C@@H](c3ccccn3)[C@@H]2c2cc(C)n(-c3cccc(C(F)(F)F)c3)c2C)c1. The molecule has 0 aliphatic carbocycles. The number of hydrogen-bond donors (Lipinski definition) is 2. The highest BCUT2D eigenvalue weighted by Crippen LogP contribution is 2.42. The summed E-state index contributed by atoms with van der Waals surface area (Å²) in [6.45, 7) is 6.06. The van der Waals surface area contributed by atoms with Crippen LogP contribution in [0.1, 0.15) is 52.3 Å². The number of aryl methyl sites for hydroxylation is 2. The molecule has 6 nitrogen and oxygen atoms in total. The Hall–Kier alpha value is -4.18. The molecule has 1 saturated heterocycles. The number of amides is 1. The van der Waals surface area contributed by atoms with E-state index in [0.29, 0.717) is 17.3 Å². The van der Waals surface area contributed by atoms with Gasteiger partial charge in [-0.1, -0.05) is 24.3 Å². The molecule has 1 amide bonds. The maximum absolute atomic E-state index is 13.5. The third-order valence-corrected chi connectivity index (χ3v) is 7.65. The Bertz CT molecular complexity index is 1580. The van der Waals surface area contributed by atoms with Gasteiger partial charge in [-0.3, -0.25) is 9.78 Å². The van der Waals surface area contributed by atoms with Crippen LogP contribution in [0.3, 0.4) is 0 Å². The molecular weight excluding hydrogens is 547 g/mol. The number of alkyl halides is 3. The van der Waals surface area contributed by atoms with Gasteiger partial charge >= 0.3 is 6.18 Å². The minimum absolute atomic E-state index is 0.145. The Morgan fingerprint density at radius 3 is 2.51 bits per heavy atom. The lowest BCUT2D eigenvalue weighted by Crippen LogP contribution is -2.32. The van der Waals surface area contributed by atoms with E-state index in [9.17, 15) is 18.0 Å². The van der Waals surface area contributed by atoms with Crippen LogP contribution >= 0.6 is 12.2 Å². The summed E-state index contributed by atoms with van der Waals surface area (Å²) < 4.78 is 42.3. The topological polar surface area (TPSA) is 62.2 Å². The van der Waals surface area contributed by atoms with Crippen molar-refractivity contribution in [2.45, 2.75) is 45.5 Å². The molecule has 41 heavy (non-hydrogen) atoms. The highest BCUT2D eigenvalue weighted by Gasteiger charge is 2.41. The van der Waals surface area contributed by atoms with Crippen LogP contribution in [-0.2, 0) is 11.0 Å². The number of carbonyl (C=O) groups excluding carboxylic acids is 1. The molecule has 5 rings (SSSR count). The second-order valence-corrected chi connectivity index (χ2v) is 10.6. The molecule has 1 aliphatic rings. The summed E-state index contributed by atoms with van der Waals surface area (Å²) in [4.78, 5) is 19.4. The van der Waals surface area contributed by atoms with Crippen molar-refractivity contribution in [2.24, 2.45) is 0 Å². The quantitative estimate of drug-likeness (QED) is 0.236. The second kappa shape index (κ2) is 11.4. The molecule has 0 spiro atoms. The first-order valence-corrected chi connectivity index (χ1v) is 13.6. The minimum Gasteiger partial charge on any atom is -0.352 e. The van der Waals surface area contributed by atoms with Crippen molar-refractivity contribution >= 4 is 28.9 Å². The maximum Gasteiger partial charge on any atom is 0.416 e. The van der Waals surface area contributed by atoms with Crippen molar-refractivity contribution in [3.05, 3.63) is 113 Å². The number of hydrogen-bond acceptors (Lipinski definition) is 3. The largest absolute Gasteiger partial charge is 0.416 e. The third kappa shape index (κ3) is 5.97. The number of carbonyl (C=O) groups is 1. The fourth-order valence-corrected chi connectivity index (χ4v) is 5.79. The average molecular weight is 578 g/mol. The average Bonchev–Trinajstić information content (AvgIpc) is 3.41. The Labute approximate surface area is 242 Å². The molecule has 0 saturated carbocycles. The zero-order valence-electron chi connectivity index (χ0n) is 22.9. The van der Waals surface area contributed by atoms with E-state index in [2.05, 4.69) is 15.6 Å². The summed E-state index contributed by atoms with van der Waals surface area (Å²) in [5.41, 5.74) is 4.72. The first-order chi connectivity index (χ1) is 19.5. The summed E-state index contributed by atoms with van der Waals surface area (Å²) in [5, 5.41) is 6.81. The van der Waals surface area contributed by atoms with Crippen molar-refractivity contribution in [1.82, 2.24) is 19.8 Å². The highest BCUT2D eigenvalue weighted by atomic mass is 32.1. The van der Waals surface area contributed by atoms with Gasteiger partial charge in [-0.05, 0) is 92.6 Å². The number of halogens is 3. The molecule has 0 radical (unpaired) electrons. The van der Waals surface area contributed by atoms with Crippen LogP contribution in [0.5, 0.6) is 0 Å². The van der Waals surface area contributed by atoms with Crippen molar-refractivity contribution in [3.63, 3.8) is 0 Å². The molecule has 0 unspecified atom stereocenters. The number of nitrogens with zero attached hydrogens (tertiary/aromatic N) is 3. The molecular formula is C31H30F3N5OS. The third-order valence-electron chi connectivity index (χ3n) is 7.30. The van der Waals surface area contributed by atoms with Gasteiger partial charge in [-0.15, -0.1) is 0 Å². The molecule has 2 atom stereocenters. The van der Waals surface area contributed by atoms with Gasteiger partial charge in [-0.25, -0.2) is 0 Å². The van der Waals surface area contributed by atoms with Gasteiger partial charge in [0, 0.05) is 41.9 Å². The van der Waals surface area contributed by atoms with Crippen molar-refractivity contribution in [1.29, 1.82) is 0 Å². The number of anilines is 1. The predicted molar refractivity (Wildman–Crippen MR) is 157 cm³/mol. The van der Waals surface area contributed by atoms with Gasteiger partial charge in [0.15, 0.2) is 5.11 Å². The Balaban J connectivity index is 1.49. The lowest BCUT2D eigenvalue weighted by atomic mass is 9.96. The fraction of sp³-hybridized carbons (Fsp3) is 0.258. The highest BCUT2D eigenvalue weighted by molar-refractivity contribution is 7.80. The van der Waals surface area contributed by atoms with Gasteiger partial charge in [0.25, 0.3) is 0 Å². The first-order valence-electron chi connectivity index (χ1n) is 13.2. The molecule has 2 aromatic carbocycles. The lowest BCUT2D eigenvalue weighted by molar-refractivity contribution is -0.137. The van der Waals surface area contributed by atoms with E-state index in [1.165, 1.54) is 6.07 Å². The first kappa shape index (κ1) is 28.4. The second-order valence-electron chi connectivity index (χ2n) is 10.2. The molecule has 2 N–H and O–H groups in total. The van der Waals surface area contributed by atoms with Crippen LogP contribution < -0.4 is 10.6 Å². The number of benzene rings is 2. The predicted octanol–water partition coefficient (Wildman–Crippen LogP) is 6.82. The van der Waals surface area contributed by atoms with E-state index in [1.807, 2.05) is 78.8 Å². The molecule has 0 bridgehead atoms. The van der Waals surface area contributed by atoms with Crippen LogP contribution in [0.25, 0.3) is 5.69 Å². The number of rotatable bonds is 7. The van der Waals surface area contributed by atoms with E-state index >= 15 is 0 Å². The molecule has 2 aromatic heterocycles. The van der Waals surface area contributed by atoms with E-state index in [1.54, 1.807) is 12.3 Å². The van der Waals surface area contributed by atoms with Gasteiger partial charge in [0.05, 0.1) is 23.3 Å². The smallest absolute Gasteiger partial charge is 0.352 e. The molecule has 1 fully saturated rings. The van der Waals surface area contributed by atoms with E-state index in [4.69, 9.17) is 12.2 Å². The molecule has 1 aliphatic heterocycles. The summed E-state index contributed by atoms with van der Waals surface area (Å²) in [5.74, 6) is -0.145. The Morgan fingerprint density at radius 1 is 1.02 bits per heavy atom. The number of nitrogens with one attached hydrogen (secondary N) is 2. The van der Waals surface area contributed by atoms with Crippen LogP contribution in [0.15, 0.2) is 79.0 Å². The summed E-state index contributed by atoms with van der Waals surface area (Å²) in [6.07, 6.45) is -2.55. The molecule has 3 heterocycles. The normalized spacial score (nSPS) is 17.0. The Morgan fingerprint density at radius 2 is 1.80 bits per heavy atom. The van der Waals surface area contributed by atoms with Gasteiger partial charge in [0.1, 0.15) is 0 Å². The van der Waals surface area contributed by atoms with Crippen LogP contribution in [0.2, 0.25) is 0 Å². The number of aromatic nitrogens is 2. The van der Waals surface area contributed by atoms with Crippen LogP contribution in [0, 0.1) is 20.8 Å². The fourth-order valence-electron chi connectivity index (χ4n) is 5.46. The zero-order valence-corrected chi connectivity index (χ0v) is 23.7. The Kier molecular flexibility index (Phi) is 7.86. The van der Waals surface area contributed by atoms with E-state index in [0.717, 1.165) is 46.0 Å². The lowest BCUT2D eigenvalue weighted by Gasteiger charge is -2.28.